The number of aromatic nitrogens is 2. The highest BCUT2D eigenvalue weighted by Crippen LogP contribution is 2.35. The Morgan fingerprint density at radius 3 is 2.45 bits per heavy atom. The van der Waals surface area contributed by atoms with Crippen molar-refractivity contribution in [2.24, 2.45) is 7.05 Å². The van der Waals surface area contributed by atoms with E-state index in [0.29, 0.717) is 5.56 Å². The first-order valence-electron chi connectivity index (χ1n) is 9.80. The highest BCUT2D eigenvalue weighted by Gasteiger charge is 2.17. The highest BCUT2D eigenvalue weighted by atomic mass is 15.0. The SMILES string of the molecule is C/C=C\c1c(C)n(-c2ccc3c(c2)c2ccccc2n3C)c2cccc(C#N)c12. The largest absolute Gasteiger partial charge is 0.344 e. The molecule has 0 unspecified atom stereocenters. The summed E-state index contributed by atoms with van der Waals surface area (Å²) in [5.74, 6) is 0. The predicted molar refractivity (Wildman–Crippen MR) is 121 cm³/mol. The number of fused-ring (bicyclic) bond motifs is 4. The van der Waals surface area contributed by atoms with Crippen LogP contribution in [0.15, 0.2) is 66.7 Å². The fourth-order valence-corrected chi connectivity index (χ4v) is 4.58. The second-order valence-electron chi connectivity index (χ2n) is 7.42. The van der Waals surface area contributed by atoms with E-state index in [1.165, 1.54) is 21.8 Å². The van der Waals surface area contributed by atoms with Crippen LogP contribution in [-0.4, -0.2) is 9.13 Å². The lowest BCUT2D eigenvalue weighted by Crippen LogP contribution is -1.97. The van der Waals surface area contributed by atoms with E-state index in [-0.39, 0.29) is 0 Å². The zero-order valence-electron chi connectivity index (χ0n) is 16.8. The van der Waals surface area contributed by atoms with Crippen molar-refractivity contribution in [1.82, 2.24) is 9.13 Å². The van der Waals surface area contributed by atoms with Crippen LogP contribution in [0, 0.1) is 18.3 Å². The second-order valence-corrected chi connectivity index (χ2v) is 7.42. The number of nitriles is 1. The maximum atomic E-state index is 9.68. The molecule has 0 aliphatic carbocycles. The summed E-state index contributed by atoms with van der Waals surface area (Å²) in [4.78, 5) is 0. The third-order valence-corrected chi connectivity index (χ3v) is 5.89. The predicted octanol–water partition coefficient (Wildman–Crippen LogP) is 6.49. The molecule has 0 saturated heterocycles. The van der Waals surface area contributed by atoms with Gasteiger partial charge in [-0.1, -0.05) is 36.4 Å². The van der Waals surface area contributed by atoms with E-state index < -0.39 is 0 Å². The van der Waals surface area contributed by atoms with E-state index in [9.17, 15) is 5.26 Å². The van der Waals surface area contributed by atoms with Crippen LogP contribution in [-0.2, 0) is 7.05 Å². The number of para-hydroxylation sites is 1. The number of hydrogen-bond donors (Lipinski definition) is 0. The van der Waals surface area contributed by atoms with Crippen LogP contribution in [0.1, 0.15) is 23.7 Å². The van der Waals surface area contributed by atoms with Crippen LogP contribution in [0.2, 0.25) is 0 Å². The lowest BCUT2D eigenvalue weighted by Gasteiger charge is -2.10. The summed E-state index contributed by atoms with van der Waals surface area (Å²) < 4.78 is 4.51. The molecule has 0 fully saturated rings. The molecule has 0 radical (unpaired) electrons. The van der Waals surface area contributed by atoms with E-state index in [1.54, 1.807) is 0 Å². The fourth-order valence-electron chi connectivity index (χ4n) is 4.58. The molecule has 5 rings (SSSR count). The van der Waals surface area contributed by atoms with Crippen molar-refractivity contribution in [2.45, 2.75) is 13.8 Å². The van der Waals surface area contributed by atoms with Crippen molar-refractivity contribution in [2.75, 3.05) is 0 Å². The summed E-state index contributed by atoms with van der Waals surface area (Å²) in [6.45, 7) is 4.14. The lowest BCUT2D eigenvalue weighted by atomic mass is 10.1. The Morgan fingerprint density at radius 2 is 1.66 bits per heavy atom. The van der Waals surface area contributed by atoms with Gasteiger partial charge in [0, 0.05) is 51.2 Å². The molecule has 3 nitrogen and oxygen atoms in total. The molecular weight excluding hydrogens is 354 g/mol. The molecule has 3 heteroatoms. The maximum Gasteiger partial charge on any atom is 0.0998 e. The van der Waals surface area contributed by atoms with Gasteiger partial charge in [0.05, 0.1) is 17.1 Å². The van der Waals surface area contributed by atoms with Gasteiger partial charge >= 0.3 is 0 Å². The number of nitrogens with zero attached hydrogens (tertiary/aromatic N) is 3. The highest BCUT2D eigenvalue weighted by molar-refractivity contribution is 6.09. The summed E-state index contributed by atoms with van der Waals surface area (Å²) in [5, 5.41) is 13.2. The minimum Gasteiger partial charge on any atom is -0.344 e. The summed E-state index contributed by atoms with van der Waals surface area (Å²) in [6, 6.07) is 23.5. The van der Waals surface area contributed by atoms with Gasteiger partial charge in [-0.05, 0) is 50.2 Å². The van der Waals surface area contributed by atoms with Gasteiger partial charge in [0.2, 0.25) is 0 Å². The molecule has 29 heavy (non-hydrogen) atoms. The zero-order valence-corrected chi connectivity index (χ0v) is 16.8. The molecule has 0 aliphatic heterocycles. The van der Waals surface area contributed by atoms with Crippen molar-refractivity contribution < 1.29 is 0 Å². The molecule has 140 valence electrons. The summed E-state index contributed by atoms with van der Waals surface area (Å²) in [6.07, 6.45) is 4.14. The number of allylic oxidation sites excluding steroid dienone is 1. The molecule has 0 amide bonds. The first-order valence-corrected chi connectivity index (χ1v) is 9.80. The van der Waals surface area contributed by atoms with Crippen molar-refractivity contribution in [3.05, 3.63) is 83.6 Å². The van der Waals surface area contributed by atoms with Gasteiger partial charge < -0.3 is 9.13 Å². The van der Waals surface area contributed by atoms with Crippen LogP contribution < -0.4 is 0 Å². The molecule has 2 heterocycles. The zero-order chi connectivity index (χ0) is 20.1. The molecule has 5 aromatic rings. The fraction of sp³-hybridized carbons (Fsp3) is 0.115. The lowest BCUT2D eigenvalue weighted by molar-refractivity contribution is 1.01. The smallest absolute Gasteiger partial charge is 0.0998 e. The van der Waals surface area contributed by atoms with Crippen molar-refractivity contribution >= 4 is 38.8 Å². The first-order chi connectivity index (χ1) is 14.2. The van der Waals surface area contributed by atoms with Gasteiger partial charge in [0.15, 0.2) is 0 Å². The molecule has 3 aromatic carbocycles. The number of rotatable bonds is 2. The third-order valence-electron chi connectivity index (χ3n) is 5.89. The molecule has 0 bridgehead atoms. The summed E-state index contributed by atoms with van der Waals surface area (Å²) >= 11 is 0. The first kappa shape index (κ1) is 17.3. The van der Waals surface area contributed by atoms with E-state index in [1.807, 2.05) is 25.1 Å². The Hall–Kier alpha value is -3.77. The van der Waals surface area contributed by atoms with E-state index in [0.717, 1.165) is 27.8 Å². The summed E-state index contributed by atoms with van der Waals surface area (Å²) in [7, 11) is 2.12. The normalized spacial score (nSPS) is 11.8. The number of hydrogen-bond acceptors (Lipinski definition) is 1. The quantitative estimate of drug-likeness (QED) is 0.347. The topological polar surface area (TPSA) is 33.6 Å². The maximum absolute atomic E-state index is 9.68. The Labute approximate surface area is 169 Å². The van der Waals surface area contributed by atoms with Gasteiger partial charge in [-0.15, -0.1) is 0 Å². The minimum absolute atomic E-state index is 0.712. The van der Waals surface area contributed by atoms with Gasteiger partial charge in [0.25, 0.3) is 0 Å². The molecule has 0 spiro atoms. The number of aryl methyl sites for hydroxylation is 1. The molecule has 0 saturated carbocycles. The van der Waals surface area contributed by atoms with Gasteiger partial charge in [-0.3, -0.25) is 0 Å². The van der Waals surface area contributed by atoms with Crippen molar-refractivity contribution in [3.8, 4) is 11.8 Å². The van der Waals surface area contributed by atoms with E-state index in [4.69, 9.17) is 0 Å². The van der Waals surface area contributed by atoms with Gasteiger partial charge in [-0.25, -0.2) is 0 Å². The van der Waals surface area contributed by atoms with Crippen LogP contribution in [0.25, 0.3) is 44.5 Å². The molecular formula is C26H21N3. The monoisotopic (exact) mass is 375 g/mol. The molecule has 2 aromatic heterocycles. The Kier molecular flexibility index (Phi) is 3.82. The van der Waals surface area contributed by atoms with Crippen molar-refractivity contribution in [3.63, 3.8) is 0 Å². The van der Waals surface area contributed by atoms with E-state index in [2.05, 4.69) is 83.8 Å². The Morgan fingerprint density at radius 1 is 0.897 bits per heavy atom. The van der Waals surface area contributed by atoms with Crippen LogP contribution in [0.3, 0.4) is 0 Å². The van der Waals surface area contributed by atoms with Crippen LogP contribution >= 0.6 is 0 Å². The summed E-state index contributed by atoms with van der Waals surface area (Å²) in [5.41, 5.74) is 7.59. The van der Waals surface area contributed by atoms with Crippen molar-refractivity contribution in [1.29, 1.82) is 5.26 Å². The minimum atomic E-state index is 0.712. The average Bonchev–Trinajstić information content (AvgIpc) is 3.20. The molecule has 0 N–H and O–H groups in total. The average molecular weight is 375 g/mol. The third kappa shape index (κ3) is 2.36. The molecule has 0 atom stereocenters. The standard InChI is InChI=1S/C26H21N3/c1-4-8-20-17(2)29(25-12-7-9-18(16-27)26(20)25)19-13-14-24-22(15-19)21-10-5-6-11-23(21)28(24)3/h4-15H,1-3H3/b8-4-. The van der Waals surface area contributed by atoms with E-state index >= 15 is 0 Å². The Bertz CT molecular complexity index is 1490. The van der Waals surface area contributed by atoms with Gasteiger partial charge in [0.1, 0.15) is 0 Å². The Balaban J connectivity index is 1.89. The second kappa shape index (κ2) is 6.39. The van der Waals surface area contributed by atoms with Gasteiger partial charge in [-0.2, -0.15) is 5.26 Å². The molecule has 0 aliphatic rings. The van der Waals surface area contributed by atoms with Crippen LogP contribution in [0.4, 0.5) is 0 Å². The van der Waals surface area contributed by atoms with Crippen LogP contribution in [0.5, 0.6) is 0 Å². The number of benzene rings is 3.